The zero-order valence-electron chi connectivity index (χ0n) is 11.3. The van der Waals surface area contributed by atoms with Crippen molar-refractivity contribution >= 4 is 39.4 Å². The number of Topliss-reactive ketones (excluding diaryl/α,β-unsaturated/α-hetero) is 1. The van der Waals surface area contributed by atoms with Crippen LogP contribution in [-0.2, 0) is 14.3 Å². The van der Waals surface area contributed by atoms with Crippen LogP contribution in [0, 0.1) is 5.92 Å². The van der Waals surface area contributed by atoms with Crippen LogP contribution in [0.3, 0.4) is 0 Å². The molecular weight excluding hydrogens is 340 g/mol. The van der Waals surface area contributed by atoms with E-state index in [1.165, 1.54) is 0 Å². The fourth-order valence-electron chi connectivity index (χ4n) is 2.25. The molecular formula is C15H17BrO3S. The van der Waals surface area contributed by atoms with Crippen molar-refractivity contribution in [2.24, 2.45) is 5.92 Å². The van der Waals surface area contributed by atoms with Crippen LogP contribution in [0.2, 0.25) is 0 Å². The molecule has 1 aliphatic rings. The number of hydrogen-bond acceptors (Lipinski definition) is 4. The summed E-state index contributed by atoms with van der Waals surface area (Å²) in [5.41, 5.74) is 0. The number of carbonyl (C=O) groups excluding carboxylic acids is 2. The van der Waals surface area contributed by atoms with Gasteiger partial charge in [-0.05, 0) is 44.0 Å². The lowest BCUT2D eigenvalue weighted by molar-refractivity contribution is -0.150. The highest BCUT2D eigenvalue weighted by Gasteiger charge is 2.33. The molecule has 20 heavy (non-hydrogen) atoms. The van der Waals surface area contributed by atoms with Crippen molar-refractivity contribution in [2.75, 3.05) is 6.61 Å². The summed E-state index contributed by atoms with van der Waals surface area (Å²) in [7, 11) is 0. The Kier molecular flexibility index (Phi) is 5.66. The van der Waals surface area contributed by atoms with E-state index in [-0.39, 0.29) is 22.9 Å². The van der Waals surface area contributed by atoms with Crippen molar-refractivity contribution in [1.29, 1.82) is 0 Å². The van der Waals surface area contributed by atoms with E-state index in [0.29, 0.717) is 13.0 Å². The van der Waals surface area contributed by atoms with E-state index in [1.54, 1.807) is 18.7 Å². The quantitative estimate of drug-likeness (QED) is 0.768. The summed E-state index contributed by atoms with van der Waals surface area (Å²) in [5, 5.41) is -0.0400. The molecule has 1 aromatic carbocycles. The molecule has 2 atom stereocenters. The largest absolute Gasteiger partial charge is 0.466 e. The van der Waals surface area contributed by atoms with Gasteiger partial charge in [0.25, 0.3) is 0 Å². The van der Waals surface area contributed by atoms with E-state index >= 15 is 0 Å². The first-order valence-corrected chi connectivity index (χ1v) is 8.39. The summed E-state index contributed by atoms with van der Waals surface area (Å²) in [6, 6.07) is 7.94. The van der Waals surface area contributed by atoms with Crippen LogP contribution in [0.25, 0.3) is 0 Å². The van der Waals surface area contributed by atoms with Crippen molar-refractivity contribution in [3.63, 3.8) is 0 Å². The van der Waals surface area contributed by atoms with Crippen molar-refractivity contribution < 1.29 is 14.3 Å². The minimum absolute atomic E-state index is 0.0400. The van der Waals surface area contributed by atoms with E-state index in [9.17, 15) is 9.59 Å². The molecule has 0 saturated heterocycles. The smallest absolute Gasteiger partial charge is 0.309 e. The summed E-state index contributed by atoms with van der Waals surface area (Å²) in [4.78, 5) is 24.9. The fraction of sp³-hybridized carbons (Fsp3) is 0.467. The van der Waals surface area contributed by atoms with E-state index in [0.717, 1.165) is 22.2 Å². The Bertz CT molecular complexity index is 486. The molecule has 1 aromatic rings. The molecule has 0 heterocycles. The molecule has 3 nitrogen and oxygen atoms in total. The van der Waals surface area contributed by atoms with E-state index in [2.05, 4.69) is 15.9 Å². The number of ketones is 1. The van der Waals surface area contributed by atoms with Gasteiger partial charge in [-0.25, -0.2) is 0 Å². The van der Waals surface area contributed by atoms with Crippen molar-refractivity contribution in [1.82, 2.24) is 0 Å². The Labute approximate surface area is 131 Å². The van der Waals surface area contributed by atoms with Crippen LogP contribution in [0.15, 0.2) is 33.6 Å². The van der Waals surface area contributed by atoms with Gasteiger partial charge in [0.05, 0.1) is 17.8 Å². The maximum atomic E-state index is 12.1. The molecule has 1 aliphatic carbocycles. The monoisotopic (exact) mass is 356 g/mol. The average Bonchev–Trinajstić information content (AvgIpc) is 2.43. The Morgan fingerprint density at radius 3 is 2.65 bits per heavy atom. The Morgan fingerprint density at radius 1 is 1.35 bits per heavy atom. The first kappa shape index (κ1) is 15.6. The topological polar surface area (TPSA) is 43.4 Å². The SMILES string of the molecule is CCOC(=O)C1CCC(Sc2ccc(Br)cc2)C(=O)C1. The molecule has 1 fully saturated rings. The normalized spacial score (nSPS) is 22.6. The minimum Gasteiger partial charge on any atom is -0.466 e. The van der Waals surface area contributed by atoms with Gasteiger partial charge in [0.15, 0.2) is 0 Å². The summed E-state index contributed by atoms with van der Waals surface area (Å²) in [6.45, 7) is 2.16. The number of rotatable bonds is 4. The molecule has 0 amide bonds. The second-order valence-corrected chi connectivity index (χ2v) is 6.95. The van der Waals surface area contributed by atoms with Crippen LogP contribution in [0.4, 0.5) is 0 Å². The molecule has 0 aromatic heterocycles. The van der Waals surface area contributed by atoms with Crippen LogP contribution in [-0.4, -0.2) is 23.6 Å². The van der Waals surface area contributed by atoms with Crippen molar-refractivity contribution in [3.8, 4) is 0 Å². The number of halogens is 1. The number of ether oxygens (including phenoxy) is 1. The predicted molar refractivity (Wildman–Crippen MR) is 82.8 cm³/mol. The maximum Gasteiger partial charge on any atom is 0.309 e. The van der Waals surface area contributed by atoms with E-state index < -0.39 is 0 Å². The Hall–Kier alpha value is -0.810. The molecule has 0 N–H and O–H groups in total. The van der Waals surface area contributed by atoms with Crippen LogP contribution in [0.1, 0.15) is 26.2 Å². The third-order valence-electron chi connectivity index (χ3n) is 3.30. The number of carbonyl (C=O) groups is 2. The summed E-state index contributed by atoms with van der Waals surface area (Å²) in [6.07, 6.45) is 1.79. The predicted octanol–water partition coefficient (Wildman–Crippen LogP) is 3.84. The zero-order valence-corrected chi connectivity index (χ0v) is 13.7. The van der Waals surface area contributed by atoms with Gasteiger partial charge in [-0.15, -0.1) is 11.8 Å². The third-order valence-corrected chi connectivity index (χ3v) is 5.15. The first-order valence-electron chi connectivity index (χ1n) is 6.71. The van der Waals surface area contributed by atoms with Gasteiger partial charge < -0.3 is 4.74 Å². The molecule has 0 spiro atoms. The molecule has 0 bridgehead atoms. The molecule has 0 radical (unpaired) electrons. The lowest BCUT2D eigenvalue weighted by Gasteiger charge is -2.25. The number of hydrogen-bond donors (Lipinski definition) is 0. The minimum atomic E-state index is -0.246. The highest BCUT2D eigenvalue weighted by molar-refractivity contribution is 9.10. The van der Waals surface area contributed by atoms with Gasteiger partial charge in [-0.2, -0.15) is 0 Å². The number of esters is 1. The molecule has 108 valence electrons. The second kappa shape index (κ2) is 7.27. The second-order valence-electron chi connectivity index (χ2n) is 4.76. The molecule has 0 aliphatic heterocycles. The number of benzene rings is 1. The lowest BCUT2D eigenvalue weighted by Crippen LogP contribution is -2.32. The van der Waals surface area contributed by atoms with Crippen LogP contribution in [0.5, 0.6) is 0 Å². The van der Waals surface area contributed by atoms with Gasteiger partial charge >= 0.3 is 5.97 Å². The van der Waals surface area contributed by atoms with Gasteiger partial charge in [0.1, 0.15) is 5.78 Å². The van der Waals surface area contributed by atoms with E-state index in [1.807, 2.05) is 24.3 Å². The Balaban J connectivity index is 1.91. The fourth-order valence-corrected chi connectivity index (χ4v) is 3.62. The van der Waals surface area contributed by atoms with Crippen LogP contribution >= 0.6 is 27.7 Å². The number of thioether (sulfide) groups is 1. The molecule has 1 saturated carbocycles. The summed E-state index contributed by atoms with van der Waals surface area (Å²) < 4.78 is 6.02. The van der Waals surface area contributed by atoms with Crippen LogP contribution < -0.4 is 0 Å². The van der Waals surface area contributed by atoms with E-state index in [4.69, 9.17) is 4.74 Å². The molecule has 2 unspecified atom stereocenters. The standard InChI is InChI=1S/C15H17BrO3S/c1-2-19-15(18)10-3-8-14(13(17)9-10)20-12-6-4-11(16)5-7-12/h4-7,10,14H,2-3,8-9H2,1H3. The highest BCUT2D eigenvalue weighted by atomic mass is 79.9. The molecule has 2 rings (SSSR count). The third kappa shape index (κ3) is 4.09. The maximum absolute atomic E-state index is 12.1. The first-order chi connectivity index (χ1) is 9.60. The summed E-state index contributed by atoms with van der Waals surface area (Å²) in [5.74, 6) is -0.320. The van der Waals surface area contributed by atoms with Gasteiger partial charge in [-0.1, -0.05) is 15.9 Å². The highest BCUT2D eigenvalue weighted by Crippen LogP contribution is 2.34. The van der Waals surface area contributed by atoms with Gasteiger partial charge in [0.2, 0.25) is 0 Å². The summed E-state index contributed by atoms with van der Waals surface area (Å²) >= 11 is 4.98. The average molecular weight is 357 g/mol. The zero-order chi connectivity index (χ0) is 14.5. The van der Waals surface area contributed by atoms with Gasteiger partial charge in [-0.3, -0.25) is 9.59 Å². The van der Waals surface area contributed by atoms with Crippen molar-refractivity contribution in [3.05, 3.63) is 28.7 Å². The molecule has 5 heteroatoms. The Morgan fingerprint density at radius 2 is 2.05 bits per heavy atom. The lowest BCUT2D eigenvalue weighted by atomic mass is 9.88. The van der Waals surface area contributed by atoms with Crippen molar-refractivity contribution in [2.45, 2.75) is 36.3 Å². The van der Waals surface area contributed by atoms with Gasteiger partial charge in [0, 0.05) is 15.8 Å².